The van der Waals surface area contributed by atoms with Crippen molar-refractivity contribution in [2.24, 2.45) is 5.10 Å². The van der Waals surface area contributed by atoms with Crippen molar-refractivity contribution in [2.45, 2.75) is 0 Å². The van der Waals surface area contributed by atoms with Crippen LogP contribution in [0.25, 0.3) is 0 Å². The molecule has 1 amide bonds. The lowest BCUT2D eigenvalue weighted by atomic mass is 10.5. The predicted molar refractivity (Wildman–Crippen MR) is 64.2 cm³/mol. The lowest BCUT2D eigenvalue weighted by Gasteiger charge is -2.05. The van der Waals surface area contributed by atoms with Gasteiger partial charge in [0, 0.05) is 4.88 Å². The van der Waals surface area contributed by atoms with E-state index in [1.54, 1.807) is 17.6 Å². The van der Waals surface area contributed by atoms with E-state index in [2.05, 4.69) is 5.10 Å². The van der Waals surface area contributed by atoms with Crippen LogP contribution in [0.2, 0.25) is 0 Å². The second kappa shape index (κ2) is 4.20. The van der Waals surface area contributed by atoms with E-state index in [-0.39, 0.29) is 5.24 Å². The van der Waals surface area contributed by atoms with Gasteiger partial charge >= 0.3 is 5.24 Å². The standard InChI is InChI=1S/C8H6N2OS3/c11-8-10(7(12)5-14-8)9-4-6-2-1-3-13-6/h1-4H,5H2/b9-4+. The van der Waals surface area contributed by atoms with Crippen LogP contribution in [0.4, 0.5) is 4.79 Å². The molecule has 3 nitrogen and oxygen atoms in total. The zero-order chi connectivity index (χ0) is 9.97. The Labute approximate surface area is 94.8 Å². The van der Waals surface area contributed by atoms with Gasteiger partial charge in [-0.15, -0.1) is 11.3 Å². The van der Waals surface area contributed by atoms with Gasteiger partial charge in [-0.3, -0.25) is 4.79 Å². The normalized spacial score (nSPS) is 17.3. The number of carbonyl (C=O) groups is 1. The molecule has 0 aromatic carbocycles. The number of thiophene rings is 1. The molecule has 1 fully saturated rings. The summed E-state index contributed by atoms with van der Waals surface area (Å²) in [4.78, 5) is 12.8. The predicted octanol–water partition coefficient (Wildman–Crippen LogP) is 2.58. The van der Waals surface area contributed by atoms with Gasteiger partial charge < -0.3 is 0 Å². The number of nitrogens with zero attached hydrogens (tertiary/aromatic N) is 2. The molecule has 72 valence electrons. The molecule has 6 heteroatoms. The molecule has 1 saturated heterocycles. The fourth-order valence-electron chi connectivity index (χ4n) is 0.938. The highest BCUT2D eigenvalue weighted by atomic mass is 32.2. The molecule has 0 aliphatic carbocycles. The van der Waals surface area contributed by atoms with Crippen molar-refractivity contribution >= 4 is 51.8 Å². The van der Waals surface area contributed by atoms with Crippen LogP contribution in [0, 0.1) is 0 Å². The fraction of sp³-hybridized carbons (Fsp3) is 0.125. The molecule has 0 saturated carbocycles. The van der Waals surface area contributed by atoms with Crippen molar-refractivity contribution in [3.63, 3.8) is 0 Å². The minimum atomic E-state index is -0.0946. The molecular formula is C8H6N2OS3. The molecule has 1 aliphatic heterocycles. The van der Waals surface area contributed by atoms with Crippen LogP contribution in [0.5, 0.6) is 0 Å². The third kappa shape index (κ3) is 2.02. The van der Waals surface area contributed by atoms with Gasteiger partial charge in [-0.1, -0.05) is 30.0 Å². The van der Waals surface area contributed by atoms with Gasteiger partial charge in [0.2, 0.25) is 0 Å². The quantitative estimate of drug-likeness (QED) is 0.590. The highest BCUT2D eigenvalue weighted by Crippen LogP contribution is 2.20. The van der Waals surface area contributed by atoms with E-state index in [1.165, 1.54) is 16.8 Å². The van der Waals surface area contributed by atoms with Gasteiger partial charge in [-0.05, 0) is 11.4 Å². The first-order chi connectivity index (χ1) is 6.77. The molecule has 2 rings (SSSR count). The molecule has 1 aromatic rings. The van der Waals surface area contributed by atoms with E-state index in [0.717, 1.165) is 4.88 Å². The number of thioether (sulfide) groups is 1. The molecule has 1 aromatic heterocycles. The number of hydrogen-bond donors (Lipinski definition) is 0. The van der Waals surface area contributed by atoms with Gasteiger partial charge in [-0.25, -0.2) is 0 Å². The largest absolute Gasteiger partial charge is 0.307 e. The summed E-state index contributed by atoms with van der Waals surface area (Å²) in [7, 11) is 0. The molecule has 0 radical (unpaired) electrons. The molecule has 0 N–H and O–H groups in total. The summed E-state index contributed by atoms with van der Waals surface area (Å²) in [6.45, 7) is 0. The number of hydrazone groups is 1. The van der Waals surface area contributed by atoms with E-state index in [9.17, 15) is 4.79 Å². The number of thiocarbonyl (C=S) groups is 1. The summed E-state index contributed by atoms with van der Waals surface area (Å²) in [6, 6.07) is 3.87. The Hall–Kier alpha value is -0.720. The van der Waals surface area contributed by atoms with E-state index >= 15 is 0 Å². The first-order valence-corrected chi connectivity index (χ1v) is 6.12. The van der Waals surface area contributed by atoms with Gasteiger partial charge in [0.25, 0.3) is 0 Å². The lowest BCUT2D eigenvalue weighted by Crippen LogP contribution is -2.20. The molecule has 1 aliphatic rings. The molecule has 2 heterocycles. The van der Waals surface area contributed by atoms with Gasteiger partial charge in [0.05, 0.1) is 12.0 Å². The summed E-state index contributed by atoms with van der Waals surface area (Å²) in [5.41, 5.74) is 0. The maximum absolute atomic E-state index is 11.2. The number of carbonyl (C=O) groups excluding carboxylic acids is 1. The van der Waals surface area contributed by atoms with Crippen LogP contribution < -0.4 is 0 Å². The molecule has 0 spiro atoms. The summed E-state index contributed by atoms with van der Waals surface area (Å²) >= 11 is 7.74. The van der Waals surface area contributed by atoms with E-state index in [0.29, 0.717) is 10.7 Å². The van der Waals surface area contributed by atoms with Crippen LogP contribution in [0.1, 0.15) is 4.88 Å². The molecular weight excluding hydrogens is 236 g/mol. The van der Waals surface area contributed by atoms with Crippen molar-refractivity contribution in [1.29, 1.82) is 0 Å². The highest BCUT2D eigenvalue weighted by molar-refractivity contribution is 8.15. The fourth-order valence-corrected chi connectivity index (χ4v) is 2.53. The minimum absolute atomic E-state index is 0.0946. The number of amides is 1. The number of hydrogen-bond acceptors (Lipinski definition) is 5. The van der Waals surface area contributed by atoms with Crippen LogP contribution in [0.3, 0.4) is 0 Å². The monoisotopic (exact) mass is 242 g/mol. The van der Waals surface area contributed by atoms with E-state index in [1.807, 2.05) is 17.5 Å². The van der Waals surface area contributed by atoms with Crippen molar-refractivity contribution in [1.82, 2.24) is 5.01 Å². The molecule has 0 atom stereocenters. The van der Waals surface area contributed by atoms with Crippen molar-refractivity contribution in [2.75, 3.05) is 5.75 Å². The smallest absolute Gasteiger partial charge is 0.259 e. The Morgan fingerprint density at radius 3 is 3.07 bits per heavy atom. The average molecular weight is 242 g/mol. The van der Waals surface area contributed by atoms with Crippen LogP contribution in [-0.4, -0.2) is 27.2 Å². The highest BCUT2D eigenvalue weighted by Gasteiger charge is 2.25. The van der Waals surface area contributed by atoms with Gasteiger partial charge in [0.1, 0.15) is 4.99 Å². The summed E-state index contributed by atoms with van der Waals surface area (Å²) < 4.78 is 0. The average Bonchev–Trinajstić information content (AvgIpc) is 2.76. The summed E-state index contributed by atoms with van der Waals surface area (Å²) in [5.74, 6) is 0.565. The van der Waals surface area contributed by atoms with Gasteiger partial charge in [0.15, 0.2) is 0 Å². The van der Waals surface area contributed by atoms with E-state index in [4.69, 9.17) is 12.2 Å². The topological polar surface area (TPSA) is 32.7 Å². The Kier molecular flexibility index (Phi) is 2.95. The zero-order valence-electron chi connectivity index (χ0n) is 7.04. The van der Waals surface area contributed by atoms with Crippen LogP contribution in [0.15, 0.2) is 22.6 Å². The third-order valence-electron chi connectivity index (χ3n) is 1.57. The third-order valence-corrected chi connectivity index (χ3v) is 3.72. The van der Waals surface area contributed by atoms with E-state index < -0.39 is 0 Å². The van der Waals surface area contributed by atoms with Crippen molar-refractivity contribution < 1.29 is 4.79 Å². The molecule has 0 bridgehead atoms. The second-order valence-electron chi connectivity index (χ2n) is 2.52. The Morgan fingerprint density at radius 2 is 2.50 bits per heavy atom. The first kappa shape index (κ1) is 9.82. The maximum Gasteiger partial charge on any atom is 0.307 e. The summed E-state index contributed by atoms with van der Waals surface area (Å²) in [6.07, 6.45) is 1.65. The Bertz CT molecular complexity index is 369. The maximum atomic E-state index is 11.2. The molecule has 14 heavy (non-hydrogen) atoms. The van der Waals surface area contributed by atoms with Crippen molar-refractivity contribution in [3.05, 3.63) is 22.4 Å². The van der Waals surface area contributed by atoms with Gasteiger partial charge in [-0.2, -0.15) is 10.1 Å². The SMILES string of the molecule is O=C1SCC(=S)N1/N=C/c1cccs1. The van der Waals surface area contributed by atoms with Crippen molar-refractivity contribution in [3.8, 4) is 0 Å². The zero-order valence-corrected chi connectivity index (χ0v) is 9.49. The lowest BCUT2D eigenvalue weighted by molar-refractivity contribution is 0.247. The summed E-state index contributed by atoms with van der Waals surface area (Å²) in [5, 5.41) is 7.18. The molecule has 0 unspecified atom stereocenters. The first-order valence-electron chi connectivity index (χ1n) is 3.84. The van der Waals surface area contributed by atoms with Crippen LogP contribution >= 0.6 is 35.3 Å². The Morgan fingerprint density at radius 1 is 1.64 bits per heavy atom. The number of rotatable bonds is 2. The second-order valence-corrected chi connectivity index (χ2v) is 4.90. The minimum Gasteiger partial charge on any atom is -0.259 e. The van der Waals surface area contributed by atoms with Crippen LogP contribution in [-0.2, 0) is 0 Å². The Balaban J connectivity index is 2.10.